The van der Waals surface area contributed by atoms with E-state index in [2.05, 4.69) is 31.4 Å². The minimum atomic E-state index is -2.72. The monoisotopic (exact) mass is 718 g/mol. The Morgan fingerprint density at radius 1 is 0.698 bits per heavy atom. The van der Waals surface area contributed by atoms with Crippen molar-refractivity contribution >= 4 is 62.5 Å². The summed E-state index contributed by atoms with van der Waals surface area (Å²) in [5, 5.41) is 21.9. The van der Waals surface area contributed by atoms with E-state index in [1.165, 1.54) is 24.3 Å². The first-order valence-corrected chi connectivity index (χ1v) is 17.4. The molecule has 12 heteroatoms. The van der Waals surface area contributed by atoms with E-state index in [1.54, 1.807) is 48.8 Å². The van der Waals surface area contributed by atoms with Gasteiger partial charge in [0.1, 0.15) is 0 Å². The van der Waals surface area contributed by atoms with Gasteiger partial charge in [-0.3, -0.25) is 34.0 Å². The number of nitrogens with one attached hydrogen (secondary N) is 4. The summed E-state index contributed by atoms with van der Waals surface area (Å²) in [6.07, 6.45) is 4.20. The summed E-state index contributed by atoms with van der Waals surface area (Å²) in [5.41, 5.74) is 0.849. The maximum atomic E-state index is 14.1. The smallest absolute Gasteiger partial charge is 0.271 e. The second-order valence-electron chi connectivity index (χ2n) is 15.1. The standard InChI is InChI=1S/C41H46N6O6/c1-26(24-40(5,6)25-34(49)47-53-39(2,3)4)23-33(48)44-30-19-17-29(18-20-30)41(52,37(50)45-31-15-7-11-27-13-9-21-42-35(27)31)38(51)46-32-16-8-12-28-14-10-22-43-36(28)32/h7-22,26,52H,23-25H2,1-6H3,(H,44,48)(H,45,50)(H,46,51)(H,47,49). The zero-order valence-corrected chi connectivity index (χ0v) is 30.8. The molecule has 0 saturated carbocycles. The van der Waals surface area contributed by atoms with Crippen molar-refractivity contribution in [2.45, 2.75) is 72.0 Å². The van der Waals surface area contributed by atoms with Gasteiger partial charge in [0.25, 0.3) is 11.8 Å². The Balaban J connectivity index is 1.32. The number of benzene rings is 3. The maximum Gasteiger partial charge on any atom is 0.271 e. The molecule has 0 radical (unpaired) electrons. The number of pyridine rings is 2. The molecule has 276 valence electrons. The van der Waals surface area contributed by atoms with Crippen LogP contribution in [0.3, 0.4) is 0 Å². The molecule has 5 N–H and O–H groups in total. The molecule has 12 nitrogen and oxygen atoms in total. The van der Waals surface area contributed by atoms with Crippen molar-refractivity contribution in [3.05, 3.63) is 103 Å². The van der Waals surface area contributed by atoms with Crippen molar-refractivity contribution in [2.24, 2.45) is 11.3 Å². The second kappa shape index (κ2) is 15.9. The van der Waals surface area contributed by atoms with Crippen molar-refractivity contribution in [3.63, 3.8) is 0 Å². The fourth-order valence-corrected chi connectivity index (χ4v) is 6.29. The molecule has 0 aliphatic heterocycles. The predicted molar refractivity (Wildman–Crippen MR) is 205 cm³/mol. The SMILES string of the molecule is CC(CC(=O)Nc1ccc(C(O)(C(=O)Nc2cccc3cccnc23)C(=O)Nc2cccc3cccnc23)cc1)CC(C)(C)CC(=O)NOC(C)(C)C. The highest BCUT2D eigenvalue weighted by molar-refractivity contribution is 6.19. The molecular weight excluding hydrogens is 672 g/mol. The number of aromatic nitrogens is 2. The van der Waals surface area contributed by atoms with E-state index in [-0.39, 0.29) is 41.6 Å². The normalized spacial score (nSPS) is 12.6. The molecule has 3 aromatic carbocycles. The van der Waals surface area contributed by atoms with E-state index in [4.69, 9.17) is 4.84 Å². The predicted octanol–water partition coefficient (Wildman–Crippen LogP) is 6.87. The van der Waals surface area contributed by atoms with Crippen molar-refractivity contribution in [3.8, 4) is 0 Å². The summed E-state index contributed by atoms with van der Waals surface area (Å²) in [7, 11) is 0. The molecule has 53 heavy (non-hydrogen) atoms. The fraction of sp³-hybridized carbons (Fsp3) is 0.317. The number of hydrogen-bond donors (Lipinski definition) is 5. The van der Waals surface area contributed by atoms with Crippen LogP contribution >= 0.6 is 0 Å². The molecule has 0 fully saturated rings. The summed E-state index contributed by atoms with van der Waals surface area (Å²) in [6.45, 7) is 11.4. The molecule has 2 aromatic heterocycles. The Morgan fingerprint density at radius 2 is 1.21 bits per heavy atom. The lowest BCUT2D eigenvalue weighted by Gasteiger charge is -2.28. The topological polar surface area (TPSA) is 172 Å². The van der Waals surface area contributed by atoms with Crippen molar-refractivity contribution in [1.82, 2.24) is 15.4 Å². The number of carbonyl (C=O) groups is 4. The van der Waals surface area contributed by atoms with Gasteiger partial charge in [0.15, 0.2) is 0 Å². The molecule has 5 rings (SSSR count). The fourth-order valence-electron chi connectivity index (χ4n) is 6.29. The summed E-state index contributed by atoms with van der Waals surface area (Å²) >= 11 is 0. The van der Waals surface area contributed by atoms with Crippen LogP contribution in [0, 0.1) is 11.3 Å². The van der Waals surface area contributed by atoms with E-state index in [0.29, 0.717) is 34.5 Å². The minimum absolute atomic E-state index is 0.0317. The largest absolute Gasteiger partial charge is 0.368 e. The van der Waals surface area contributed by atoms with E-state index >= 15 is 0 Å². The molecule has 0 spiro atoms. The average molecular weight is 719 g/mol. The molecule has 5 aromatic rings. The van der Waals surface area contributed by atoms with Crippen LogP contribution in [0.4, 0.5) is 17.1 Å². The van der Waals surface area contributed by atoms with Gasteiger partial charge in [0.2, 0.25) is 17.4 Å². The lowest BCUT2D eigenvalue weighted by Crippen LogP contribution is -2.50. The molecule has 0 aliphatic carbocycles. The first-order chi connectivity index (χ1) is 25.0. The minimum Gasteiger partial charge on any atom is -0.368 e. The van der Waals surface area contributed by atoms with E-state index in [9.17, 15) is 24.3 Å². The number of carbonyl (C=O) groups excluding carboxylic acids is 4. The van der Waals surface area contributed by atoms with Crippen molar-refractivity contribution in [2.75, 3.05) is 16.0 Å². The van der Waals surface area contributed by atoms with Crippen LogP contribution in [0.15, 0.2) is 97.3 Å². The lowest BCUT2D eigenvalue weighted by atomic mass is 9.79. The molecule has 4 amide bonds. The summed E-state index contributed by atoms with van der Waals surface area (Å²) in [5.74, 6) is -2.54. The van der Waals surface area contributed by atoms with Crippen molar-refractivity contribution < 1.29 is 29.1 Å². The Kier molecular flexibility index (Phi) is 11.5. The van der Waals surface area contributed by atoms with Crippen LogP contribution in [0.5, 0.6) is 0 Å². The van der Waals surface area contributed by atoms with Gasteiger partial charge in [-0.15, -0.1) is 0 Å². The highest BCUT2D eigenvalue weighted by Gasteiger charge is 2.46. The molecule has 1 atom stereocenters. The molecule has 0 aliphatic rings. The first-order valence-electron chi connectivity index (χ1n) is 17.4. The molecule has 0 saturated heterocycles. The van der Waals surface area contributed by atoms with Gasteiger partial charge < -0.3 is 21.1 Å². The zero-order valence-electron chi connectivity index (χ0n) is 30.8. The molecule has 1 unspecified atom stereocenters. The number of amides is 4. The second-order valence-corrected chi connectivity index (χ2v) is 15.1. The van der Waals surface area contributed by atoms with E-state index in [0.717, 1.165) is 10.8 Å². The van der Waals surface area contributed by atoms with E-state index in [1.807, 2.05) is 65.8 Å². The highest BCUT2D eigenvalue weighted by Crippen LogP contribution is 2.32. The molecule has 2 heterocycles. The number of rotatable bonds is 13. The quantitative estimate of drug-likeness (QED) is 0.0649. The van der Waals surface area contributed by atoms with Crippen LogP contribution in [-0.4, -0.2) is 44.3 Å². The number of aliphatic hydroxyl groups is 1. The highest BCUT2D eigenvalue weighted by atomic mass is 16.7. The third-order valence-corrected chi connectivity index (χ3v) is 8.55. The van der Waals surface area contributed by atoms with Gasteiger partial charge in [0.05, 0.1) is 28.0 Å². The summed E-state index contributed by atoms with van der Waals surface area (Å²) in [4.78, 5) is 67.7. The summed E-state index contributed by atoms with van der Waals surface area (Å²) in [6, 6.07) is 23.5. The van der Waals surface area contributed by atoms with Gasteiger partial charge >= 0.3 is 0 Å². The van der Waals surface area contributed by atoms with Crippen LogP contribution in [-0.2, 0) is 29.6 Å². The van der Waals surface area contributed by atoms with Gasteiger partial charge in [-0.2, -0.15) is 0 Å². The third-order valence-electron chi connectivity index (χ3n) is 8.55. The van der Waals surface area contributed by atoms with Gasteiger partial charge in [-0.05, 0) is 74.9 Å². The van der Waals surface area contributed by atoms with Gasteiger partial charge in [-0.1, -0.05) is 69.3 Å². The first kappa shape index (κ1) is 38.5. The average Bonchev–Trinajstić information content (AvgIpc) is 3.10. The van der Waals surface area contributed by atoms with Crippen LogP contribution in [0.2, 0.25) is 0 Å². The lowest BCUT2D eigenvalue weighted by molar-refractivity contribution is -0.148. The van der Waals surface area contributed by atoms with Crippen molar-refractivity contribution in [1.29, 1.82) is 0 Å². The zero-order chi connectivity index (χ0) is 38.4. The number of para-hydroxylation sites is 2. The van der Waals surface area contributed by atoms with Crippen LogP contribution in [0.1, 0.15) is 66.4 Å². The van der Waals surface area contributed by atoms with Gasteiger partial charge in [-0.25, -0.2) is 5.48 Å². The van der Waals surface area contributed by atoms with Gasteiger partial charge in [0, 0.05) is 47.3 Å². The third kappa shape index (κ3) is 9.79. The number of nitrogens with zero attached hydrogens (tertiary/aromatic N) is 2. The molecular formula is C41H46N6O6. The maximum absolute atomic E-state index is 14.1. The van der Waals surface area contributed by atoms with Crippen LogP contribution < -0.4 is 21.4 Å². The summed E-state index contributed by atoms with van der Waals surface area (Å²) < 4.78 is 0. The number of hydroxylamine groups is 1. The number of hydrogen-bond acceptors (Lipinski definition) is 8. The Labute approximate surface area is 308 Å². The molecule has 0 bridgehead atoms. The number of fused-ring (bicyclic) bond motifs is 2. The van der Waals surface area contributed by atoms with E-state index < -0.39 is 23.0 Å². The van der Waals surface area contributed by atoms with Crippen LogP contribution in [0.25, 0.3) is 21.8 Å². The Bertz CT molecular complexity index is 2020. The Hall–Kier alpha value is -5.72. The Morgan fingerprint density at radius 3 is 1.72 bits per heavy atom. The number of anilines is 3.